The minimum absolute atomic E-state index is 0.338. The number of carboxylic acid groups (broad SMARTS) is 2. The van der Waals surface area contributed by atoms with Gasteiger partial charge in [0.05, 0.1) is 18.8 Å². The zero-order chi connectivity index (χ0) is 21.1. The SMILES string of the molecule is C[C@@H](O)[C@@H](C(=O)O)N(C(=O)[C@@H](N)CCC(=O)O)C1(C)O[C@H](CO)[C@@H](O)[C@@H]1O. The van der Waals surface area contributed by atoms with Crippen molar-refractivity contribution in [3.8, 4) is 0 Å². The van der Waals surface area contributed by atoms with Gasteiger partial charge in [-0.05, 0) is 20.3 Å². The molecule has 156 valence electrons. The molecule has 12 heteroatoms. The molecule has 0 aromatic heterocycles. The van der Waals surface area contributed by atoms with Crippen molar-refractivity contribution in [3.05, 3.63) is 0 Å². The first-order chi connectivity index (χ1) is 12.4. The molecule has 1 aliphatic heterocycles. The van der Waals surface area contributed by atoms with Gasteiger partial charge in [-0.2, -0.15) is 0 Å². The van der Waals surface area contributed by atoms with E-state index in [1.807, 2.05) is 0 Å². The van der Waals surface area contributed by atoms with E-state index < -0.39 is 73.1 Å². The number of hydrogen-bond donors (Lipinski definition) is 7. The van der Waals surface area contributed by atoms with E-state index in [1.54, 1.807) is 0 Å². The molecule has 8 N–H and O–H groups in total. The standard InChI is InChI=1S/C15H26N2O10/c1-6(19)10(14(25)26)17(13(24)7(16)3-4-9(20)21)15(2)12(23)11(22)8(5-18)27-15/h6-8,10-12,18-19,22-23H,3-5,16H2,1-2H3,(H,20,21)(H,25,26)/t6-,7+,8-,10+,11-,12+,15?/m1/s1. The Hall–Kier alpha value is -1.83. The number of aliphatic hydroxyl groups excluding tert-OH is 4. The summed E-state index contributed by atoms with van der Waals surface area (Å²) in [6, 6.07) is -3.39. The Morgan fingerprint density at radius 1 is 1.26 bits per heavy atom. The fourth-order valence-corrected chi connectivity index (χ4v) is 3.06. The maximum atomic E-state index is 12.8. The summed E-state index contributed by atoms with van der Waals surface area (Å²) in [5, 5.41) is 57.7. The lowest BCUT2D eigenvalue weighted by molar-refractivity contribution is -0.210. The van der Waals surface area contributed by atoms with Crippen molar-refractivity contribution in [1.82, 2.24) is 4.90 Å². The van der Waals surface area contributed by atoms with Gasteiger partial charge in [0, 0.05) is 6.42 Å². The number of ether oxygens (including phenoxy) is 1. The molecule has 1 heterocycles. The minimum Gasteiger partial charge on any atom is -0.481 e. The molecular formula is C15H26N2O10. The van der Waals surface area contributed by atoms with Gasteiger partial charge in [-0.1, -0.05) is 0 Å². The summed E-state index contributed by atoms with van der Waals surface area (Å²) >= 11 is 0. The third-order valence-corrected chi connectivity index (χ3v) is 4.51. The molecule has 1 saturated heterocycles. The number of nitrogens with zero attached hydrogens (tertiary/aromatic N) is 1. The van der Waals surface area contributed by atoms with Crippen molar-refractivity contribution in [3.63, 3.8) is 0 Å². The second-order valence-corrected chi connectivity index (χ2v) is 6.60. The molecule has 12 nitrogen and oxygen atoms in total. The zero-order valence-electron chi connectivity index (χ0n) is 14.9. The van der Waals surface area contributed by atoms with Crippen LogP contribution in [0.2, 0.25) is 0 Å². The number of amides is 1. The van der Waals surface area contributed by atoms with E-state index in [4.69, 9.17) is 15.6 Å². The topological polar surface area (TPSA) is 211 Å². The van der Waals surface area contributed by atoms with Crippen molar-refractivity contribution in [2.24, 2.45) is 5.73 Å². The highest BCUT2D eigenvalue weighted by molar-refractivity contribution is 5.88. The number of rotatable bonds is 9. The van der Waals surface area contributed by atoms with Gasteiger partial charge in [-0.3, -0.25) is 14.5 Å². The molecular weight excluding hydrogens is 368 g/mol. The summed E-state index contributed by atoms with van der Waals surface area (Å²) in [6.07, 6.45) is -7.24. The molecule has 0 saturated carbocycles. The van der Waals surface area contributed by atoms with Crippen LogP contribution in [-0.4, -0.2) is 102 Å². The van der Waals surface area contributed by atoms with Crippen LogP contribution >= 0.6 is 0 Å². The lowest BCUT2D eigenvalue weighted by atomic mass is 9.97. The van der Waals surface area contributed by atoms with Crippen LogP contribution in [-0.2, 0) is 19.1 Å². The van der Waals surface area contributed by atoms with Gasteiger partial charge in [0.1, 0.15) is 18.3 Å². The molecule has 0 aromatic rings. The van der Waals surface area contributed by atoms with Crippen molar-refractivity contribution < 1.29 is 49.8 Å². The highest BCUT2D eigenvalue weighted by Gasteiger charge is 2.59. The second-order valence-electron chi connectivity index (χ2n) is 6.60. The first kappa shape index (κ1) is 23.2. The van der Waals surface area contributed by atoms with Crippen molar-refractivity contribution in [2.75, 3.05) is 6.61 Å². The molecule has 1 amide bonds. The van der Waals surface area contributed by atoms with Crippen LogP contribution in [0.5, 0.6) is 0 Å². The minimum atomic E-state index is -2.15. The maximum absolute atomic E-state index is 12.8. The molecule has 0 aliphatic carbocycles. The lowest BCUT2D eigenvalue weighted by Gasteiger charge is -2.44. The largest absolute Gasteiger partial charge is 0.481 e. The van der Waals surface area contributed by atoms with Gasteiger partial charge in [0.2, 0.25) is 5.91 Å². The van der Waals surface area contributed by atoms with E-state index in [0.717, 1.165) is 13.8 Å². The third kappa shape index (κ3) is 4.72. The van der Waals surface area contributed by atoms with Crippen LogP contribution in [0.15, 0.2) is 0 Å². The molecule has 0 radical (unpaired) electrons. The van der Waals surface area contributed by atoms with Gasteiger partial charge in [-0.25, -0.2) is 4.79 Å². The van der Waals surface area contributed by atoms with Crippen LogP contribution in [0.25, 0.3) is 0 Å². The van der Waals surface area contributed by atoms with Gasteiger partial charge in [0.25, 0.3) is 0 Å². The quantitative estimate of drug-likeness (QED) is 0.205. The predicted octanol–water partition coefficient (Wildman–Crippen LogP) is -3.33. The molecule has 1 aliphatic rings. The van der Waals surface area contributed by atoms with Crippen LogP contribution in [0, 0.1) is 0 Å². The van der Waals surface area contributed by atoms with Crippen LogP contribution in [0.3, 0.4) is 0 Å². The summed E-state index contributed by atoms with van der Waals surface area (Å²) in [6.45, 7) is 1.47. The summed E-state index contributed by atoms with van der Waals surface area (Å²) in [7, 11) is 0. The second kappa shape index (κ2) is 8.91. The maximum Gasteiger partial charge on any atom is 0.329 e. The molecule has 0 bridgehead atoms. The molecule has 27 heavy (non-hydrogen) atoms. The van der Waals surface area contributed by atoms with Gasteiger partial charge in [0.15, 0.2) is 11.8 Å². The fourth-order valence-electron chi connectivity index (χ4n) is 3.06. The molecule has 1 rings (SSSR count). The van der Waals surface area contributed by atoms with Crippen molar-refractivity contribution in [2.45, 2.75) is 68.9 Å². The first-order valence-corrected chi connectivity index (χ1v) is 8.24. The number of carbonyl (C=O) groups is 3. The van der Waals surface area contributed by atoms with E-state index >= 15 is 0 Å². The average molecular weight is 394 g/mol. The molecule has 1 unspecified atom stereocenters. The van der Waals surface area contributed by atoms with E-state index in [2.05, 4.69) is 0 Å². The van der Waals surface area contributed by atoms with Gasteiger partial charge in [-0.15, -0.1) is 0 Å². The predicted molar refractivity (Wildman–Crippen MR) is 87.2 cm³/mol. The monoisotopic (exact) mass is 394 g/mol. The number of aliphatic carboxylic acids is 2. The average Bonchev–Trinajstić information content (AvgIpc) is 2.80. The molecule has 1 fully saturated rings. The van der Waals surface area contributed by atoms with E-state index in [-0.39, 0.29) is 6.42 Å². The first-order valence-electron chi connectivity index (χ1n) is 8.24. The Kier molecular flexibility index (Phi) is 7.66. The highest BCUT2D eigenvalue weighted by atomic mass is 16.6. The summed E-state index contributed by atoms with van der Waals surface area (Å²) in [4.78, 5) is 35.7. The van der Waals surface area contributed by atoms with E-state index in [0.29, 0.717) is 4.90 Å². The Balaban J connectivity index is 3.36. The smallest absolute Gasteiger partial charge is 0.329 e. The zero-order valence-corrected chi connectivity index (χ0v) is 14.9. The Labute approximate surface area is 154 Å². The van der Waals surface area contributed by atoms with Gasteiger partial charge >= 0.3 is 11.9 Å². The number of nitrogens with two attached hydrogens (primary N) is 1. The van der Waals surface area contributed by atoms with Crippen LogP contribution in [0.1, 0.15) is 26.7 Å². The van der Waals surface area contributed by atoms with Crippen molar-refractivity contribution in [1.29, 1.82) is 0 Å². The fraction of sp³-hybridized carbons (Fsp3) is 0.800. The molecule has 0 aromatic carbocycles. The summed E-state index contributed by atoms with van der Waals surface area (Å²) in [5.74, 6) is -3.96. The van der Waals surface area contributed by atoms with Gasteiger partial charge < -0.3 is 41.1 Å². The summed E-state index contributed by atoms with van der Waals surface area (Å²) in [5.41, 5.74) is 3.55. The van der Waals surface area contributed by atoms with E-state index in [9.17, 15) is 39.9 Å². The Morgan fingerprint density at radius 3 is 2.19 bits per heavy atom. The van der Waals surface area contributed by atoms with Crippen molar-refractivity contribution >= 4 is 17.8 Å². The number of carbonyl (C=O) groups excluding carboxylic acids is 1. The van der Waals surface area contributed by atoms with Crippen LogP contribution < -0.4 is 5.73 Å². The number of aliphatic hydroxyl groups is 4. The Morgan fingerprint density at radius 2 is 1.81 bits per heavy atom. The lowest BCUT2D eigenvalue weighted by Crippen LogP contribution is -2.67. The number of hydrogen-bond acceptors (Lipinski definition) is 9. The highest BCUT2D eigenvalue weighted by Crippen LogP contribution is 2.36. The molecule has 7 atom stereocenters. The van der Waals surface area contributed by atoms with Crippen LogP contribution in [0.4, 0.5) is 0 Å². The summed E-state index contributed by atoms with van der Waals surface area (Å²) < 4.78 is 5.37. The molecule has 0 spiro atoms. The van der Waals surface area contributed by atoms with E-state index in [1.165, 1.54) is 0 Å². The Bertz CT molecular complexity index is 571. The third-order valence-electron chi connectivity index (χ3n) is 4.51. The normalized spacial score (nSPS) is 31.1. The number of carboxylic acids is 2.